The topological polar surface area (TPSA) is 32.3 Å². The molecule has 0 radical (unpaired) electrons. The molecule has 0 aliphatic carbocycles. The van der Waals surface area contributed by atoms with E-state index >= 15 is 0 Å². The van der Waals surface area contributed by atoms with Gasteiger partial charge in [0.2, 0.25) is 0 Å². The molecule has 1 aromatic heterocycles. The molecular weight excluding hydrogens is 492 g/mol. The Balaban J connectivity index is 1.79. The van der Waals surface area contributed by atoms with E-state index in [4.69, 9.17) is 16.6 Å². The fourth-order valence-electron chi connectivity index (χ4n) is 4.01. The van der Waals surface area contributed by atoms with Gasteiger partial charge < -0.3 is 9.80 Å². The van der Waals surface area contributed by atoms with Gasteiger partial charge in [0.05, 0.1) is 16.1 Å². The number of rotatable bonds is 7. The van der Waals surface area contributed by atoms with E-state index in [0.717, 1.165) is 37.0 Å². The van der Waals surface area contributed by atoms with E-state index in [1.165, 1.54) is 0 Å². The van der Waals surface area contributed by atoms with E-state index in [-0.39, 0.29) is 5.56 Å². The molecular formula is C27H25ClF4N4. The first-order chi connectivity index (χ1) is 17.0. The molecule has 36 heavy (non-hydrogen) atoms. The molecule has 0 atom stereocenters. The smallest absolute Gasteiger partial charge is 0.359 e. The summed E-state index contributed by atoms with van der Waals surface area (Å²) in [7, 11) is 5.98. The number of hydrogen-bond donors (Lipinski definition) is 0. The van der Waals surface area contributed by atoms with Crippen LogP contribution >= 0.6 is 11.6 Å². The van der Waals surface area contributed by atoms with Crippen LogP contribution in [0.5, 0.6) is 0 Å². The first kappa shape index (κ1) is 25.9. The van der Waals surface area contributed by atoms with Crippen molar-refractivity contribution in [1.82, 2.24) is 14.9 Å². The maximum absolute atomic E-state index is 14.0. The van der Waals surface area contributed by atoms with Gasteiger partial charge in [0.15, 0.2) is 5.82 Å². The SMILES string of the molecule is CN(C)CCCN(C)c1nc(-c2cccc(-c3cc(F)cc(C(F)(F)F)c3)c2)nc2c(Cl)cccc12. The molecule has 0 N–H and O–H groups in total. The number of benzene rings is 3. The molecule has 9 heteroatoms. The molecule has 0 saturated carbocycles. The number of anilines is 1. The Labute approximate surface area is 212 Å². The average Bonchev–Trinajstić information content (AvgIpc) is 2.82. The van der Waals surface area contributed by atoms with Gasteiger partial charge in [-0.3, -0.25) is 0 Å². The second-order valence-corrected chi connectivity index (χ2v) is 9.30. The summed E-state index contributed by atoms with van der Waals surface area (Å²) in [6, 6.07) is 14.7. The predicted molar refractivity (Wildman–Crippen MR) is 137 cm³/mol. The summed E-state index contributed by atoms with van der Waals surface area (Å²) in [5.74, 6) is 0.117. The molecule has 0 saturated heterocycles. The number of halogens is 5. The van der Waals surface area contributed by atoms with Gasteiger partial charge in [-0.25, -0.2) is 14.4 Å². The summed E-state index contributed by atoms with van der Waals surface area (Å²) >= 11 is 6.48. The van der Waals surface area contributed by atoms with E-state index in [1.807, 2.05) is 38.2 Å². The van der Waals surface area contributed by atoms with E-state index in [0.29, 0.717) is 39.4 Å². The highest BCUT2D eigenvalue weighted by atomic mass is 35.5. The number of para-hydroxylation sites is 1. The summed E-state index contributed by atoms with van der Waals surface area (Å²) < 4.78 is 53.8. The molecule has 1 heterocycles. The van der Waals surface area contributed by atoms with Gasteiger partial charge in [0, 0.05) is 24.5 Å². The Bertz CT molecular complexity index is 1390. The summed E-state index contributed by atoms with van der Waals surface area (Å²) in [6.07, 6.45) is -3.74. The summed E-state index contributed by atoms with van der Waals surface area (Å²) in [5, 5.41) is 1.27. The van der Waals surface area contributed by atoms with Crippen LogP contribution in [0.4, 0.5) is 23.4 Å². The largest absolute Gasteiger partial charge is 0.416 e. The van der Waals surface area contributed by atoms with Crippen LogP contribution in [-0.4, -0.2) is 49.1 Å². The molecule has 0 spiro atoms. The van der Waals surface area contributed by atoms with Crippen molar-refractivity contribution in [3.8, 4) is 22.5 Å². The zero-order valence-corrected chi connectivity index (χ0v) is 20.8. The van der Waals surface area contributed by atoms with Crippen molar-refractivity contribution < 1.29 is 17.6 Å². The fraction of sp³-hybridized carbons (Fsp3) is 0.259. The lowest BCUT2D eigenvalue weighted by atomic mass is 10.00. The molecule has 4 rings (SSSR count). The Morgan fingerprint density at radius 2 is 1.56 bits per heavy atom. The van der Waals surface area contributed by atoms with Crippen molar-refractivity contribution in [2.45, 2.75) is 12.6 Å². The Hall–Kier alpha value is -3.23. The van der Waals surface area contributed by atoms with Crippen molar-refractivity contribution in [1.29, 1.82) is 0 Å². The van der Waals surface area contributed by atoms with E-state index < -0.39 is 17.6 Å². The minimum Gasteiger partial charge on any atom is -0.359 e. The third kappa shape index (κ3) is 5.77. The predicted octanol–water partition coefficient (Wildman–Crippen LogP) is 7.16. The molecule has 0 fully saturated rings. The zero-order chi connectivity index (χ0) is 26.0. The zero-order valence-electron chi connectivity index (χ0n) is 20.1. The van der Waals surface area contributed by atoms with Crippen molar-refractivity contribution in [3.05, 3.63) is 77.1 Å². The molecule has 4 aromatic rings. The molecule has 0 bridgehead atoms. The Morgan fingerprint density at radius 3 is 2.28 bits per heavy atom. The van der Waals surface area contributed by atoms with Gasteiger partial charge in [-0.1, -0.05) is 35.9 Å². The van der Waals surface area contributed by atoms with Gasteiger partial charge in [-0.15, -0.1) is 0 Å². The van der Waals surface area contributed by atoms with Crippen molar-refractivity contribution >= 4 is 28.3 Å². The Kier molecular flexibility index (Phi) is 7.47. The lowest BCUT2D eigenvalue weighted by Gasteiger charge is -2.22. The number of alkyl halides is 3. The fourth-order valence-corrected chi connectivity index (χ4v) is 4.23. The van der Waals surface area contributed by atoms with Crippen LogP contribution in [-0.2, 0) is 6.18 Å². The molecule has 3 aromatic carbocycles. The lowest BCUT2D eigenvalue weighted by Crippen LogP contribution is -2.24. The standard InChI is InChI=1S/C27H25ClF4N4/c1-35(2)11-6-12-36(3)26-22-9-5-10-23(28)24(22)33-25(34-26)18-8-4-7-17(13-18)19-14-20(27(30,31)32)16-21(29)15-19/h4-5,7-10,13-16H,6,11-12H2,1-3H3. The first-order valence-electron chi connectivity index (χ1n) is 11.3. The van der Waals surface area contributed by atoms with E-state index in [1.54, 1.807) is 30.3 Å². The van der Waals surface area contributed by atoms with Crippen molar-refractivity contribution in [3.63, 3.8) is 0 Å². The third-order valence-electron chi connectivity index (χ3n) is 5.80. The van der Waals surface area contributed by atoms with Crippen LogP contribution in [0.2, 0.25) is 5.02 Å². The summed E-state index contributed by atoms with van der Waals surface area (Å²) in [6.45, 7) is 1.66. The van der Waals surface area contributed by atoms with E-state index in [2.05, 4.69) is 9.88 Å². The molecule has 4 nitrogen and oxygen atoms in total. The highest BCUT2D eigenvalue weighted by molar-refractivity contribution is 6.35. The van der Waals surface area contributed by atoms with Crippen LogP contribution in [0.15, 0.2) is 60.7 Å². The van der Waals surface area contributed by atoms with E-state index in [9.17, 15) is 17.6 Å². The average molecular weight is 517 g/mol. The van der Waals surface area contributed by atoms with Crippen molar-refractivity contribution in [2.75, 3.05) is 39.1 Å². The quantitative estimate of drug-likeness (QED) is 0.244. The number of nitrogens with zero attached hydrogens (tertiary/aromatic N) is 4. The van der Waals surface area contributed by atoms with Crippen LogP contribution in [0, 0.1) is 5.82 Å². The van der Waals surface area contributed by atoms with Gasteiger partial charge in [0.25, 0.3) is 0 Å². The van der Waals surface area contributed by atoms with Gasteiger partial charge in [-0.2, -0.15) is 13.2 Å². The number of hydrogen-bond acceptors (Lipinski definition) is 4. The van der Waals surface area contributed by atoms with Gasteiger partial charge >= 0.3 is 6.18 Å². The second-order valence-electron chi connectivity index (χ2n) is 8.89. The maximum Gasteiger partial charge on any atom is 0.416 e. The van der Waals surface area contributed by atoms with Crippen molar-refractivity contribution in [2.24, 2.45) is 0 Å². The minimum atomic E-state index is -4.65. The van der Waals surface area contributed by atoms with Crippen LogP contribution < -0.4 is 4.90 Å². The number of fused-ring (bicyclic) bond motifs is 1. The summed E-state index contributed by atoms with van der Waals surface area (Å²) in [4.78, 5) is 13.6. The van der Waals surface area contributed by atoms with Gasteiger partial charge in [-0.05, 0) is 74.6 Å². The normalized spacial score (nSPS) is 11.9. The molecule has 0 unspecified atom stereocenters. The molecule has 0 amide bonds. The Morgan fingerprint density at radius 1 is 0.833 bits per heavy atom. The molecule has 0 aliphatic heterocycles. The highest BCUT2D eigenvalue weighted by Gasteiger charge is 2.31. The van der Waals surface area contributed by atoms with Crippen LogP contribution in [0.25, 0.3) is 33.4 Å². The second kappa shape index (κ2) is 10.4. The first-order valence-corrected chi connectivity index (χ1v) is 11.7. The highest BCUT2D eigenvalue weighted by Crippen LogP contribution is 2.35. The third-order valence-corrected chi connectivity index (χ3v) is 6.10. The minimum absolute atomic E-state index is 0.115. The lowest BCUT2D eigenvalue weighted by molar-refractivity contribution is -0.137. The monoisotopic (exact) mass is 516 g/mol. The maximum atomic E-state index is 14.0. The van der Waals surface area contributed by atoms with Gasteiger partial charge in [0.1, 0.15) is 11.6 Å². The molecule has 188 valence electrons. The molecule has 0 aliphatic rings. The summed E-state index contributed by atoms with van der Waals surface area (Å²) in [5.41, 5.74) is 0.646. The van der Waals surface area contributed by atoms with Crippen LogP contribution in [0.3, 0.4) is 0 Å². The number of aromatic nitrogens is 2. The van der Waals surface area contributed by atoms with Crippen LogP contribution in [0.1, 0.15) is 12.0 Å².